The summed E-state index contributed by atoms with van der Waals surface area (Å²) < 4.78 is 120. The predicted octanol–water partition coefficient (Wildman–Crippen LogP) is 4.43. The molecular formula is C22H14F9N3O3. The molecule has 37 heavy (non-hydrogen) atoms. The molecule has 198 valence electrons. The van der Waals surface area contributed by atoms with Crippen molar-refractivity contribution < 1.29 is 53.9 Å². The molecule has 4 amide bonds. The van der Waals surface area contributed by atoms with E-state index in [2.05, 4.69) is 0 Å². The zero-order valence-corrected chi connectivity index (χ0v) is 18.2. The van der Waals surface area contributed by atoms with E-state index in [-0.39, 0.29) is 17.0 Å². The first-order valence-electron chi connectivity index (χ1n) is 10.7. The van der Waals surface area contributed by atoms with Crippen LogP contribution in [0.15, 0.2) is 42.5 Å². The van der Waals surface area contributed by atoms with Crippen molar-refractivity contribution in [1.29, 1.82) is 0 Å². The number of anilines is 1. The smallest absolute Gasteiger partial charge is 0.330 e. The van der Waals surface area contributed by atoms with E-state index >= 15 is 0 Å². The summed E-state index contributed by atoms with van der Waals surface area (Å²) in [7, 11) is 0. The van der Waals surface area contributed by atoms with Crippen molar-refractivity contribution in [1.82, 2.24) is 9.80 Å². The number of amides is 4. The number of fused-ring (bicyclic) bond motifs is 6. The number of imide groups is 1. The minimum atomic E-state index is -7.23. The molecule has 2 aromatic carbocycles. The molecule has 2 aromatic rings. The van der Waals surface area contributed by atoms with Gasteiger partial charge in [-0.15, -0.1) is 0 Å². The Labute approximate surface area is 201 Å². The second-order valence-corrected chi connectivity index (χ2v) is 8.94. The largest absolute Gasteiger partial charge is 0.460 e. The Kier molecular flexibility index (Phi) is 5.10. The summed E-state index contributed by atoms with van der Waals surface area (Å²) in [6.07, 6.45) is -7.40. The zero-order valence-electron chi connectivity index (χ0n) is 18.2. The summed E-state index contributed by atoms with van der Waals surface area (Å²) >= 11 is 0. The van der Waals surface area contributed by atoms with E-state index in [4.69, 9.17) is 0 Å². The van der Waals surface area contributed by atoms with Crippen LogP contribution >= 0.6 is 0 Å². The van der Waals surface area contributed by atoms with Crippen molar-refractivity contribution in [2.75, 3.05) is 11.4 Å². The highest BCUT2D eigenvalue weighted by molar-refractivity contribution is 6.25. The molecule has 0 N–H and O–H groups in total. The Bertz CT molecular complexity index is 1320. The molecule has 3 aliphatic heterocycles. The number of alkyl halides is 9. The van der Waals surface area contributed by atoms with Crippen molar-refractivity contribution in [2.45, 2.75) is 48.5 Å². The van der Waals surface area contributed by atoms with Crippen LogP contribution in [0.2, 0.25) is 0 Å². The third-order valence-electron chi connectivity index (χ3n) is 6.95. The maximum Gasteiger partial charge on any atom is 0.460 e. The number of hydrogen-bond donors (Lipinski definition) is 0. The van der Waals surface area contributed by atoms with Crippen LogP contribution in [0.1, 0.15) is 6.42 Å². The van der Waals surface area contributed by atoms with Crippen molar-refractivity contribution >= 4 is 34.3 Å². The zero-order chi connectivity index (χ0) is 27.3. The highest BCUT2D eigenvalue weighted by atomic mass is 19.4. The highest BCUT2D eigenvalue weighted by Gasteiger charge is 2.84. The van der Waals surface area contributed by atoms with Gasteiger partial charge in [0.15, 0.2) is 0 Å². The van der Waals surface area contributed by atoms with Crippen LogP contribution in [0.4, 0.5) is 50.0 Å². The van der Waals surface area contributed by atoms with E-state index in [1.807, 2.05) is 0 Å². The monoisotopic (exact) mass is 539 g/mol. The molecule has 5 rings (SSSR count). The molecule has 15 heteroatoms. The normalized spacial score (nSPS) is 24.5. The molecule has 3 fully saturated rings. The maximum atomic E-state index is 14.3. The van der Waals surface area contributed by atoms with Gasteiger partial charge in [0.2, 0.25) is 0 Å². The fourth-order valence-corrected chi connectivity index (χ4v) is 5.21. The molecule has 3 aliphatic rings. The van der Waals surface area contributed by atoms with Gasteiger partial charge in [-0.05, 0) is 17.9 Å². The number of nitrogens with zero attached hydrogens (tertiary/aromatic N) is 3. The second kappa shape index (κ2) is 7.51. The van der Waals surface area contributed by atoms with Gasteiger partial charge in [-0.3, -0.25) is 9.59 Å². The lowest BCUT2D eigenvalue weighted by Crippen LogP contribution is -2.67. The van der Waals surface area contributed by atoms with Crippen molar-refractivity contribution in [3.8, 4) is 0 Å². The summed E-state index contributed by atoms with van der Waals surface area (Å²) in [4.78, 5) is 40.5. The average molecular weight is 539 g/mol. The number of hydrogen-bond acceptors (Lipinski definition) is 3. The van der Waals surface area contributed by atoms with Crippen LogP contribution in [0.3, 0.4) is 0 Å². The fourth-order valence-electron chi connectivity index (χ4n) is 5.21. The van der Waals surface area contributed by atoms with E-state index in [1.54, 1.807) is 30.3 Å². The summed E-state index contributed by atoms with van der Waals surface area (Å²) in [6, 6.07) is 6.03. The Morgan fingerprint density at radius 1 is 0.838 bits per heavy atom. The number of carbonyl (C=O) groups is 3. The Morgan fingerprint density at radius 3 is 2.11 bits per heavy atom. The van der Waals surface area contributed by atoms with Crippen LogP contribution in [0.25, 0.3) is 10.8 Å². The van der Waals surface area contributed by atoms with Gasteiger partial charge in [0.1, 0.15) is 6.04 Å². The van der Waals surface area contributed by atoms with Gasteiger partial charge in [-0.1, -0.05) is 36.4 Å². The van der Waals surface area contributed by atoms with Crippen molar-refractivity contribution in [3.05, 3.63) is 42.5 Å². The molecule has 0 radical (unpaired) electrons. The Balaban J connectivity index is 1.47. The lowest BCUT2D eigenvalue weighted by molar-refractivity contribution is -0.389. The van der Waals surface area contributed by atoms with E-state index < -0.39 is 66.5 Å². The number of benzene rings is 2. The van der Waals surface area contributed by atoms with Crippen LogP contribution in [0, 0.1) is 0 Å². The van der Waals surface area contributed by atoms with Gasteiger partial charge < -0.3 is 9.80 Å². The van der Waals surface area contributed by atoms with E-state index in [0.717, 1.165) is 9.80 Å². The topological polar surface area (TPSA) is 60.9 Å². The number of urea groups is 1. The Morgan fingerprint density at radius 2 is 1.46 bits per heavy atom. The van der Waals surface area contributed by atoms with Gasteiger partial charge in [0.05, 0.1) is 17.8 Å². The maximum absolute atomic E-state index is 14.3. The van der Waals surface area contributed by atoms with Crippen molar-refractivity contribution in [2.24, 2.45) is 0 Å². The number of halogens is 9. The number of carbonyl (C=O) groups excluding carboxylic acids is 3. The SMILES string of the molecule is O=C1[C@@H]2C3C[C@H](CN3C(=O)C(F)(F)C(F)(F)C(F)(F)C(F)(F)F)N2C(=O)N1c1cccc2ccccc12. The van der Waals surface area contributed by atoms with Gasteiger partial charge in [0.25, 0.3) is 11.8 Å². The molecule has 0 saturated carbocycles. The lowest BCUT2D eigenvalue weighted by Gasteiger charge is -2.39. The van der Waals surface area contributed by atoms with Gasteiger partial charge in [0, 0.05) is 11.9 Å². The summed E-state index contributed by atoms with van der Waals surface area (Å²) in [5.41, 5.74) is 0.126. The third kappa shape index (κ3) is 3.11. The molecule has 0 spiro atoms. The average Bonchev–Trinajstić information content (AvgIpc) is 3.48. The van der Waals surface area contributed by atoms with E-state index in [0.29, 0.717) is 10.8 Å². The minimum Gasteiger partial charge on any atom is -0.330 e. The Hall–Kier alpha value is -3.52. The minimum absolute atomic E-state index is 0.00994. The second-order valence-electron chi connectivity index (χ2n) is 8.94. The molecule has 3 saturated heterocycles. The highest BCUT2D eigenvalue weighted by Crippen LogP contribution is 2.54. The molecule has 6 nitrogen and oxygen atoms in total. The van der Waals surface area contributed by atoms with Crippen molar-refractivity contribution in [3.63, 3.8) is 0 Å². The molecular weight excluding hydrogens is 525 g/mol. The van der Waals surface area contributed by atoms with Gasteiger partial charge in [-0.2, -0.15) is 39.5 Å². The molecule has 3 atom stereocenters. The van der Waals surface area contributed by atoms with Gasteiger partial charge in [-0.25, -0.2) is 9.69 Å². The first kappa shape index (κ1) is 25.1. The number of piperazine rings is 1. The molecule has 0 aromatic heterocycles. The molecule has 2 bridgehead atoms. The third-order valence-corrected chi connectivity index (χ3v) is 6.95. The summed E-state index contributed by atoms with van der Waals surface area (Å²) in [5, 5.41) is 1.11. The number of likely N-dealkylation sites (tertiary alicyclic amines) is 1. The lowest BCUT2D eigenvalue weighted by atomic mass is 10.0. The summed E-state index contributed by atoms with van der Waals surface area (Å²) in [6.45, 7) is -0.855. The molecule has 0 aliphatic carbocycles. The first-order chi connectivity index (χ1) is 17.0. The fraction of sp³-hybridized carbons (Fsp3) is 0.409. The predicted molar refractivity (Wildman–Crippen MR) is 107 cm³/mol. The van der Waals surface area contributed by atoms with Crippen LogP contribution in [-0.2, 0) is 9.59 Å². The van der Waals surface area contributed by atoms with Crippen LogP contribution in [0.5, 0.6) is 0 Å². The van der Waals surface area contributed by atoms with Crippen LogP contribution < -0.4 is 4.90 Å². The molecule has 1 unspecified atom stereocenters. The number of rotatable bonds is 4. The standard InChI is InChI=1S/C22H14F9N3O3/c23-19(24,20(25,26)21(27,28)22(29,30)31)17(36)32-9-11-8-14(32)15-16(35)34(18(37)33(11)15)13-7-3-5-10-4-1-2-6-12(10)13/h1-7,11,14-15H,8-9H2/t11-,14?,15+/m1/s1. The van der Waals surface area contributed by atoms with E-state index in [9.17, 15) is 53.9 Å². The first-order valence-corrected chi connectivity index (χ1v) is 10.7. The quantitative estimate of drug-likeness (QED) is 0.427. The van der Waals surface area contributed by atoms with Gasteiger partial charge >= 0.3 is 30.0 Å². The van der Waals surface area contributed by atoms with Crippen LogP contribution in [-0.4, -0.2) is 76.3 Å². The molecule has 3 heterocycles. The van der Waals surface area contributed by atoms with E-state index in [1.165, 1.54) is 12.1 Å². The summed E-state index contributed by atoms with van der Waals surface area (Å²) in [5.74, 6) is -24.8.